The van der Waals surface area contributed by atoms with Crippen molar-refractivity contribution in [3.05, 3.63) is 46.4 Å². The number of benzene rings is 1. The summed E-state index contributed by atoms with van der Waals surface area (Å²) in [5.41, 5.74) is 1.14. The second-order valence-electron chi connectivity index (χ2n) is 6.11. The van der Waals surface area contributed by atoms with Crippen LogP contribution in [0.2, 0.25) is 0 Å². The van der Waals surface area contributed by atoms with Crippen molar-refractivity contribution in [2.45, 2.75) is 18.4 Å². The molecule has 24 heavy (non-hydrogen) atoms. The lowest BCUT2D eigenvalue weighted by Crippen LogP contribution is -2.47. The first-order valence-corrected chi connectivity index (χ1v) is 10.7. The van der Waals surface area contributed by atoms with Gasteiger partial charge in [0, 0.05) is 44.6 Å². The van der Waals surface area contributed by atoms with Gasteiger partial charge in [0.1, 0.15) is 0 Å². The molecule has 3 rings (SSSR count). The molecule has 0 N–H and O–H groups in total. The quantitative estimate of drug-likeness (QED) is 0.784. The Morgan fingerprint density at radius 1 is 1.08 bits per heavy atom. The fourth-order valence-corrected chi connectivity index (χ4v) is 4.79. The summed E-state index contributed by atoms with van der Waals surface area (Å²) in [6, 6.07) is 8.71. The van der Waals surface area contributed by atoms with E-state index in [9.17, 15) is 8.42 Å². The second-order valence-corrected chi connectivity index (χ2v) is 9.28. The highest BCUT2D eigenvalue weighted by atomic mass is 32.2. The zero-order valence-electron chi connectivity index (χ0n) is 13.9. The van der Waals surface area contributed by atoms with E-state index in [1.54, 1.807) is 35.6 Å². The molecule has 2 heterocycles. The van der Waals surface area contributed by atoms with Gasteiger partial charge in [-0.3, -0.25) is 9.80 Å². The largest absolute Gasteiger partial charge is 0.300 e. The molecule has 0 atom stereocenters. The summed E-state index contributed by atoms with van der Waals surface area (Å²) < 4.78 is 24.7. The Morgan fingerprint density at radius 2 is 1.75 bits per heavy atom. The van der Waals surface area contributed by atoms with Gasteiger partial charge in [-0.25, -0.2) is 13.4 Å². The van der Waals surface area contributed by atoms with Crippen LogP contribution < -0.4 is 0 Å². The van der Waals surface area contributed by atoms with Gasteiger partial charge in [0.2, 0.25) is 0 Å². The minimum absolute atomic E-state index is 0.183. The molecule has 0 amide bonds. The van der Waals surface area contributed by atoms with Gasteiger partial charge in [-0.2, -0.15) is 0 Å². The summed E-state index contributed by atoms with van der Waals surface area (Å²) in [5, 5.41) is 3.23. The number of nitrogens with zero attached hydrogens (tertiary/aromatic N) is 3. The van der Waals surface area contributed by atoms with E-state index in [1.807, 2.05) is 13.0 Å². The maximum atomic E-state index is 12.3. The van der Waals surface area contributed by atoms with E-state index in [4.69, 9.17) is 0 Å². The highest BCUT2D eigenvalue weighted by Crippen LogP contribution is 2.13. The van der Waals surface area contributed by atoms with Crippen LogP contribution in [0.4, 0.5) is 0 Å². The van der Waals surface area contributed by atoms with Gasteiger partial charge < -0.3 is 0 Å². The summed E-state index contributed by atoms with van der Waals surface area (Å²) in [4.78, 5) is 9.55. The number of hydrogen-bond donors (Lipinski definition) is 0. The van der Waals surface area contributed by atoms with Crippen LogP contribution in [0.1, 0.15) is 10.7 Å². The molecule has 0 bridgehead atoms. The van der Waals surface area contributed by atoms with E-state index in [2.05, 4.69) is 20.2 Å². The predicted octanol–water partition coefficient (Wildman–Crippen LogP) is 2.04. The third-order valence-electron chi connectivity index (χ3n) is 4.30. The molecule has 1 saturated heterocycles. The van der Waals surface area contributed by atoms with Gasteiger partial charge in [0.15, 0.2) is 9.84 Å². The molecule has 1 fully saturated rings. The van der Waals surface area contributed by atoms with Crippen molar-refractivity contribution in [3.8, 4) is 0 Å². The lowest BCUT2D eigenvalue weighted by atomic mass is 10.3. The second kappa shape index (κ2) is 7.74. The monoisotopic (exact) mass is 365 g/mol. The van der Waals surface area contributed by atoms with Crippen LogP contribution in [-0.4, -0.2) is 61.7 Å². The average molecular weight is 366 g/mol. The number of aromatic nitrogens is 1. The molecule has 1 aromatic heterocycles. The smallest absolute Gasteiger partial charge is 0.179 e. The SMILES string of the molecule is Cc1nc(CN2CCN(CCS(=O)(=O)c3ccccc3)CC2)cs1. The van der Waals surface area contributed by atoms with Crippen molar-refractivity contribution in [3.63, 3.8) is 0 Å². The van der Waals surface area contributed by atoms with E-state index in [0.717, 1.165) is 43.4 Å². The molecule has 0 spiro atoms. The van der Waals surface area contributed by atoms with Gasteiger partial charge in [-0.1, -0.05) is 18.2 Å². The van der Waals surface area contributed by atoms with Crippen LogP contribution in [0.15, 0.2) is 40.6 Å². The molecule has 0 unspecified atom stereocenters. The van der Waals surface area contributed by atoms with E-state index in [-0.39, 0.29) is 5.75 Å². The Labute approximate surface area is 147 Å². The van der Waals surface area contributed by atoms with E-state index < -0.39 is 9.84 Å². The van der Waals surface area contributed by atoms with Crippen molar-refractivity contribution in [2.24, 2.45) is 0 Å². The maximum Gasteiger partial charge on any atom is 0.179 e. The fraction of sp³-hybridized carbons (Fsp3) is 0.471. The minimum Gasteiger partial charge on any atom is -0.300 e. The molecule has 7 heteroatoms. The number of aryl methyl sites for hydroxylation is 1. The highest BCUT2D eigenvalue weighted by Gasteiger charge is 2.20. The molecule has 5 nitrogen and oxygen atoms in total. The summed E-state index contributed by atoms with van der Waals surface area (Å²) in [5.74, 6) is 0.183. The van der Waals surface area contributed by atoms with Gasteiger partial charge in [0.05, 0.1) is 21.3 Å². The summed E-state index contributed by atoms with van der Waals surface area (Å²) in [6.45, 7) is 7.26. The first-order chi connectivity index (χ1) is 11.5. The third-order valence-corrected chi connectivity index (χ3v) is 6.83. The fourth-order valence-electron chi connectivity index (χ4n) is 2.88. The van der Waals surface area contributed by atoms with Crippen molar-refractivity contribution in [2.75, 3.05) is 38.5 Å². The molecule has 2 aromatic rings. The molecule has 1 aromatic carbocycles. The Kier molecular flexibility index (Phi) is 5.65. The lowest BCUT2D eigenvalue weighted by Gasteiger charge is -2.34. The topological polar surface area (TPSA) is 53.5 Å². The highest BCUT2D eigenvalue weighted by molar-refractivity contribution is 7.91. The Balaban J connectivity index is 1.45. The third kappa shape index (κ3) is 4.63. The Hall–Kier alpha value is -1.28. The number of thiazole rings is 1. The zero-order chi connectivity index (χ0) is 17.0. The first-order valence-electron chi connectivity index (χ1n) is 8.16. The van der Waals surface area contributed by atoms with Crippen LogP contribution >= 0.6 is 11.3 Å². The van der Waals surface area contributed by atoms with Gasteiger partial charge in [0.25, 0.3) is 0 Å². The Bertz CT molecular complexity index is 751. The summed E-state index contributed by atoms with van der Waals surface area (Å²) in [7, 11) is -3.18. The van der Waals surface area contributed by atoms with Crippen LogP contribution in [0, 0.1) is 6.92 Å². The lowest BCUT2D eigenvalue weighted by molar-refractivity contribution is 0.131. The molecular weight excluding hydrogens is 342 g/mol. The first kappa shape index (κ1) is 17.5. The Morgan fingerprint density at radius 3 is 2.38 bits per heavy atom. The normalized spacial score (nSPS) is 17.2. The van der Waals surface area contributed by atoms with E-state index in [0.29, 0.717) is 11.4 Å². The molecule has 0 saturated carbocycles. The summed E-state index contributed by atoms with van der Waals surface area (Å²) >= 11 is 1.69. The van der Waals surface area contributed by atoms with Crippen LogP contribution in [0.25, 0.3) is 0 Å². The van der Waals surface area contributed by atoms with Gasteiger partial charge in [-0.05, 0) is 19.1 Å². The van der Waals surface area contributed by atoms with Crippen LogP contribution in [0.3, 0.4) is 0 Å². The van der Waals surface area contributed by atoms with Crippen LogP contribution in [0.5, 0.6) is 0 Å². The van der Waals surface area contributed by atoms with Crippen LogP contribution in [-0.2, 0) is 16.4 Å². The van der Waals surface area contributed by atoms with E-state index in [1.165, 1.54) is 0 Å². The van der Waals surface area contributed by atoms with Gasteiger partial charge in [-0.15, -0.1) is 11.3 Å². The molecule has 0 radical (unpaired) electrons. The maximum absolute atomic E-state index is 12.3. The molecule has 1 aliphatic heterocycles. The van der Waals surface area contributed by atoms with Gasteiger partial charge >= 0.3 is 0 Å². The van der Waals surface area contributed by atoms with Crippen molar-refractivity contribution >= 4 is 21.2 Å². The number of piperazine rings is 1. The number of sulfone groups is 1. The van der Waals surface area contributed by atoms with Crippen molar-refractivity contribution < 1.29 is 8.42 Å². The zero-order valence-corrected chi connectivity index (χ0v) is 15.5. The average Bonchev–Trinajstić information content (AvgIpc) is 3.00. The van der Waals surface area contributed by atoms with E-state index >= 15 is 0 Å². The predicted molar refractivity (Wildman–Crippen MR) is 97.1 cm³/mol. The summed E-state index contributed by atoms with van der Waals surface area (Å²) in [6.07, 6.45) is 0. The molecular formula is C17H23N3O2S2. The standard InChI is InChI=1S/C17H23N3O2S2/c1-15-18-16(14-23-15)13-20-9-7-19(8-10-20)11-12-24(21,22)17-5-3-2-4-6-17/h2-6,14H,7-13H2,1H3. The number of hydrogen-bond acceptors (Lipinski definition) is 6. The number of rotatable bonds is 6. The molecule has 1 aliphatic rings. The molecule has 130 valence electrons. The minimum atomic E-state index is -3.18. The molecule has 0 aliphatic carbocycles. The van der Waals surface area contributed by atoms with Crippen molar-refractivity contribution in [1.29, 1.82) is 0 Å². The van der Waals surface area contributed by atoms with Crippen molar-refractivity contribution in [1.82, 2.24) is 14.8 Å².